The summed E-state index contributed by atoms with van der Waals surface area (Å²) in [5, 5.41) is 0.631. The summed E-state index contributed by atoms with van der Waals surface area (Å²) in [5.74, 6) is 0.984. The second-order valence-electron chi connectivity index (χ2n) is 4.85. The predicted molar refractivity (Wildman–Crippen MR) is 97.1 cm³/mol. The second-order valence-corrected chi connectivity index (χ2v) is 8.51. The number of amides is 1. The molecule has 2 aromatic heterocycles. The van der Waals surface area contributed by atoms with E-state index in [2.05, 4.69) is 41.7 Å². The highest BCUT2D eigenvalue weighted by atomic mass is 79.9. The summed E-state index contributed by atoms with van der Waals surface area (Å²) >= 11 is 14.2. The van der Waals surface area contributed by atoms with Crippen LogP contribution in [0.1, 0.15) is 9.67 Å². The largest absolute Gasteiger partial charge is 0.353 e. The minimum atomic E-state index is 0.0834. The van der Waals surface area contributed by atoms with Crippen LogP contribution in [-0.4, -0.2) is 42.0 Å². The molecule has 0 radical (unpaired) electrons. The van der Waals surface area contributed by atoms with Gasteiger partial charge in [-0.15, -0.1) is 11.3 Å². The number of hydrogen-bond donors (Lipinski definition) is 0. The molecular formula is C14H12Br2ClN3OS. The first-order valence-electron chi connectivity index (χ1n) is 6.65. The van der Waals surface area contributed by atoms with Crippen LogP contribution in [0.4, 0.5) is 5.82 Å². The Morgan fingerprint density at radius 3 is 2.50 bits per heavy atom. The standard InChI is InChI=1S/C14H12Br2ClN3OS/c15-10-7-11(22-13(10)16)14(21)20-5-3-19(4-6-20)12-2-1-9(17)8-18-12/h1-2,7-8H,3-6H2. The number of halogens is 3. The lowest BCUT2D eigenvalue weighted by Crippen LogP contribution is -2.48. The lowest BCUT2D eigenvalue weighted by molar-refractivity contribution is 0.0751. The van der Waals surface area contributed by atoms with Gasteiger partial charge in [0.15, 0.2) is 0 Å². The average Bonchev–Trinajstić information content (AvgIpc) is 2.87. The number of piperazine rings is 1. The van der Waals surface area contributed by atoms with E-state index >= 15 is 0 Å². The molecule has 3 heterocycles. The van der Waals surface area contributed by atoms with Crippen LogP contribution in [0.3, 0.4) is 0 Å². The highest BCUT2D eigenvalue weighted by Gasteiger charge is 2.24. The number of anilines is 1. The Hall–Kier alpha value is -0.630. The Morgan fingerprint density at radius 1 is 1.23 bits per heavy atom. The summed E-state index contributed by atoms with van der Waals surface area (Å²) < 4.78 is 1.87. The predicted octanol–water partition coefficient (Wildman–Crippen LogP) is 4.28. The fourth-order valence-corrected chi connectivity index (χ4v) is 4.42. The molecule has 0 N–H and O–H groups in total. The first kappa shape index (κ1) is 16.2. The molecule has 0 aliphatic carbocycles. The molecule has 1 fully saturated rings. The van der Waals surface area contributed by atoms with Crippen LogP contribution in [0, 0.1) is 0 Å². The van der Waals surface area contributed by atoms with E-state index in [9.17, 15) is 4.79 Å². The van der Waals surface area contributed by atoms with Crippen molar-refractivity contribution in [2.45, 2.75) is 0 Å². The van der Waals surface area contributed by atoms with Gasteiger partial charge in [0.05, 0.1) is 13.7 Å². The third-order valence-electron chi connectivity index (χ3n) is 3.46. The molecule has 0 aromatic carbocycles. The molecule has 1 saturated heterocycles. The van der Waals surface area contributed by atoms with E-state index < -0.39 is 0 Å². The Kier molecular flexibility index (Phi) is 5.07. The quantitative estimate of drug-likeness (QED) is 0.664. The third kappa shape index (κ3) is 3.48. The van der Waals surface area contributed by atoms with Gasteiger partial charge in [0.1, 0.15) is 5.82 Å². The summed E-state index contributed by atoms with van der Waals surface area (Å²) in [6.45, 7) is 2.93. The number of pyridine rings is 1. The van der Waals surface area contributed by atoms with Gasteiger partial charge in [-0.05, 0) is 50.1 Å². The number of carbonyl (C=O) groups is 1. The van der Waals surface area contributed by atoms with Crippen molar-refractivity contribution in [3.05, 3.63) is 42.6 Å². The fraction of sp³-hybridized carbons (Fsp3) is 0.286. The van der Waals surface area contributed by atoms with Gasteiger partial charge in [-0.2, -0.15) is 0 Å². The van der Waals surface area contributed by atoms with Gasteiger partial charge in [-0.1, -0.05) is 11.6 Å². The second kappa shape index (κ2) is 6.86. The molecule has 1 aliphatic heterocycles. The fourth-order valence-electron chi connectivity index (χ4n) is 2.30. The summed E-state index contributed by atoms with van der Waals surface area (Å²) in [4.78, 5) is 21.6. The van der Waals surface area contributed by atoms with Crippen LogP contribution < -0.4 is 4.90 Å². The maximum Gasteiger partial charge on any atom is 0.264 e. The van der Waals surface area contributed by atoms with E-state index in [1.807, 2.05) is 23.1 Å². The molecular weight excluding hydrogens is 454 g/mol. The van der Waals surface area contributed by atoms with Gasteiger partial charge >= 0.3 is 0 Å². The molecule has 1 aliphatic rings. The molecule has 0 unspecified atom stereocenters. The maximum absolute atomic E-state index is 12.5. The topological polar surface area (TPSA) is 36.4 Å². The zero-order valence-electron chi connectivity index (χ0n) is 11.4. The van der Waals surface area contributed by atoms with Gasteiger partial charge in [-0.3, -0.25) is 4.79 Å². The van der Waals surface area contributed by atoms with Gasteiger partial charge in [-0.25, -0.2) is 4.98 Å². The number of rotatable bonds is 2. The molecule has 4 nitrogen and oxygen atoms in total. The molecule has 8 heteroatoms. The summed E-state index contributed by atoms with van der Waals surface area (Å²) in [7, 11) is 0. The molecule has 2 aromatic rings. The molecule has 0 bridgehead atoms. The molecule has 22 heavy (non-hydrogen) atoms. The van der Waals surface area contributed by atoms with Crippen molar-refractivity contribution in [3.63, 3.8) is 0 Å². The van der Waals surface area contributed by atoms with E-state index in [-0.39, 0.29) is 5.91 Å². The van der Waals surface area contributed by atoms with Crippen LogP contribution in [0.2, 0.25) is 5.02 Å². The third-order valence-corrected chi connectivity index (χ3v) is 6.93. The van der Waals surface area contributed by atoms with E-state index in [4.69, 9.17) is 11.6 Å². The Balaban J connectivity index is 1.64. The Bertz CT molecular complexity index is 664. The maximum atomic E-state index is 12.5. The highest BCUT2D eigenvalue weighted by Crippen LogP contribution is 2.33. The van der Waals surface area contributed by atoms with E-state index in [1.165, 1.54) is 11.3 Å². The highest BCUT2D eigenvalue weighted by molar-refractivity contribution is 9.13. The van der Waals surface area contributed by atoms with Crippen molar-refractivity contribution in [2.24, 2.45) is 0 Å². The Morgan fingerprint density at radius 2 is 1.95 bits per heavy atom. The molecule has 3 rings (SSSR count). The summed E-state index contributed by atoms with van der Waals surface area (Å²) in [5.41, 5.74) is 0. The minimum absolute atomic E-state index is 0.0834. The van der Waals surface area contributed by atoms with E-state index in [0.717, 1.165) is 32.0 Å². The molecule has 0 atom stereocenters. The van der Waals surface area contributed by atoms with E-state index in [1.54, 1.807) is 6.20 Å². The smallest absolute Gasteiger partial charge is 0.264 e. The van der Waals surface area contributed by atoms with Crippen LogP contribution in [0.25, 0.3) is 0 Å². The van der Waals surface area contributed by atoms with Crippen molar-refractivity contribution in [2.75, 3.05) is 31.1 Å². The molecule has 0 saturated carbocycles. The summed E-state index contributed by atoms with van der Waals surface area (Å²) in [6, 6.07) is 5.61. The lowest BCUT2D eigenvalue weighted by atomic mass is 10.3. The van der Waals surface area contributed by atoms with Crippen molar-refractivity contribution < 1.29 is 4.79 Å². The van der Waals surface area contributed by atoms with Gasteiger partial charge in [0.25, 0.3) is 5.91 Å². The normalized spacial score (nSPS) is 15.2. The molecule has 0 spiro atoms. The van der Waals surface area contributed by atoms with Crippen LogP contribution in [0.15, 0.2) is 32.7 Å². The van der Waals surface area contributed by atoms with Crippen molar-refractivity contribution in [3.8, 4) is 0 Å². The summed E-state index contributed by atoms with van der Waals surface area (Å²) in [6.07, 6.45) is 1.65. The average molecular weight is 466 g/mol. The molecule has 1 amide bonds. The zero-order chi connectivity index (χ0) is 15.7. The van der Waals surface area contributed by atoms with Crippen molar-refractivity contribution in [1.29, 1.82) is 0 Å². The van der Waals surface area contributed by atoms with Gasteiger partial charge in [0, 0.05) is 36.8 Å². The monoisotopic (exact) mass is 463 g/mol. The molecule has 116 valence electrons. The van der Waals surface area contributed by atoms with E-state index in [0.29, 0.717) is 18.1 Å². The van der Waals surface area contributed by atoms with Crippen LogP contribution in [0.5, 0.6) is 0 Å². The van der Waals surface area contributed by atoms with Crippen LogP contribution in [-0.2, 0) is 0 Å². The SMILES string of the molecule is O=C(c1cc(Br)c(Br)s1)N1CCN(c2ccc(Cl)cn2)CC1. The Labute approximate surface area is 154 Å². The van der Waals surface area contributed by atoms with Gasteiger partial charge in [0.2, 0.25) is 0 Å². The van der Waals surface area contributed by atoms with Crippen LogP contribution >= 0.6 is 54.8 Å². The first-order valence-corrected chi connectivity index (χ1v) is 9.43. The minimum Gasteiger partial charge on any atom is -0.353 e. The number of aromatic nitrogens is 1. The first-order chi connectivity index (χ1) is 10.5. The number of nitrogens with zero attached hydrogens (tertiary/aromatic N) is 3. The lowest BCUT2D eigenvalue weighted by Gasteiger charge is -2.35. The zero-order valence-corrected chi connectivity index (χ0v) is 16.2. The van der Waals surface area contributed by atoms with Crippen molar-refractivity contribution >= 4 is 66.5 Å². The van der Waals surface area contributed by atoms with Gasteiger partial charge < -0.3 is 9.80 Å². The number of carbonyl (C=O) groups excluding carboxylic acids is 1. The number of thiophene rings is 1. The number of hydrogen-bond acceptors (Lipinski definition) is 4. The van der Waals surface area contributed by atoms with Crippen molar-refractivity contribution in [1.82, 2.24) is 9.88 Å².